The minimum Gasteiger partial charge on any atom is -0.488 e. The molecule has 0 atom stereocenters. The van der Waals surface area contributed by atoms with Gasteiger partial charge in [-0.2, -0.15) is 5.30 Å². The third-order valence-corrected chi connectivity index (χ3v) is 4.73. The van der Waals surface area contributed by atoms with Crippen molar-refractivity contribution in [3.63, 3.8) is 0 Å². The third-order valence-electron chi connectivity index (χ3n) is 3.25. The molecule has 0 spiro atoms. The van der Waals surface area contributed by atoms with E-state index in [1.54, 1.807) is 6.07 Å². The molecule has 0 amide bonds. The van der Waals surface area contributed by atoms with Crippen LogP contribution in [0.25, 0.3) is 0 Å². The molecule has 0 aromatic heterocycles. The number of aryl methyl sites for hydroxylation is 2. The molecule has 0 aliphatic carbocycles. The summed E-state index contributed by atoms with van der Waals surface area (Å²) in [6.07, 6.45) is 0. The molecule has 0 saturated heterocycles. The Morgan fingerprint density at radius 1 is 1.08 bits per heavy atom. The van der Waals surface area contributed by atoms with Crippen molar-refractivity contribution < 1.29 is 28.4 Å². The van der Waals surface area contributed by atoms with E-state index in [0.717, 1.165) is 22.2 Å². The molecule has 122 valence electrons. The smallest absolute Gasteiger partial charge is 0.488 e. The average Bonchev–Trinajstić information content (AvgIpc) is 2.40. The molecular weight excluding hydrogens is 334 g/mol. The Labute approximate surface area is 163 Å². The van der Waals surface area contributed by atoms with Gasteiger partial charge in [0, 0.05) is 16.1 Å². The van der Waals surface area contributed by atoms with Gasteiger partial charge in [0.05, 0.1) is 0 Å². The summed E-state index contributed by atoms with van der Waals surface area (Å²) in [5, 5.41) is 1.48. The van der Waals surface area contributed by atoms with Crippen LogP contribution in [0.4, 0.5) is 0 Å². The number of hydrogen-bond acceptors (Lipinski definition) is 2. The summed E-state index contributed by atoms with van der Waals surface area (Å²) < 4.78 is 5.86. The van der Waals surface area contributed by atoms with Crippen LogP contribution in [-0.2, 0) is 0 Å². The van der Waals surface area contributed by atoms with Crippen molar-refractivity contribution in [2.75, 3.05) is 0 Å². The van der Waals surface area contributed by atoms with Crippen LogP contribution < -0.4 is 28.9 Å². The quantitative estimate of drug-likeness (QED) is 0.623. The Bertz CT molecular complexity index is 718. The Balaban J connectivity index is 0.00000288. The van der Waals surface area contributed by atoms with Gasteiger partial charge in [-0.3, -0.25) is 0 Å². The van der Waals surface area contributed by atoms with Gasteiger partial charge in [0.25, 0.3) is 0 Å². The van der Waals surface area contributed by atoms with E-state index in [4.69, 9.17) is 16.3 Å². The first-order valence-electron chi connectivity index (χ1n) is 7.48. The van der Waals surface area contributed by atoms with Gasteiger partial charge >= 0.3 is 18.9 Å². The molecule has 0 saturated carbocycles. The van der Waals surface area contributed by atoms with E-state index in [1.807, 2.05) is 65.0 Å². The SMILES string of the molecule is Cc1cc(OC(C)(C)C)ccc1[P-]C(=O)c1c(C)cccc1Cl.[Li+]. The molecule has 0 aliphatic heterocycles. The van der Waals surface area contributed by atoms with Crippen molar-refractivity contribution >= 4 is 31.0 Å². The van der Waals surface area contributed by atoms with Crippen LogP contribution in [0, 0.1) is 13.8 Å². The fraction of sp³-hybridized carbons (Fsp3) is 0.316. The fourth-order valence-corrected chi connectivity index (χ4v) is 3.63. The summed E-state index contributed by atoms with van der Waals surface area (Å²) in [5.41, 5.74) is 2.31. The summed E-state index contributed by atoms with van der Waals surface area (Å²) in [5.74, 6) is 0.815. The fourth-order valence-electron chi connectivity index (χ4n) is 2.24. The van der Waals surface area contributed by atoms with Crippen molar-refractivity contribution in [3.05, 3.63) is 58.1 Å². The second kappa shape index (κ2) is 8.55. The van der Waals surface area contributed by atoms with Crippen LogP contribution in [0.5, 0.6) is 5.75 Å². The number of halogens is 1. The molecule has 2 rings (SSSR count). The van der Waals surface area contributed by atoms with Crippen molar-refractivity contribution in [2.24, 2.45) is 0 Å². The zero-order valence-electron chi connectivity index (χ0n) is 15.1. The summed E-state index contributed by atoms with van der Waals surface area (Å²) in [7, 11) is 0.626. The molecule has 2 aromatic rings. The number of hydrogen-bond donors (Lipinski definition) is 0. The number of carbonyl (C=O) groups excluding carboxylic acids is 1. The van der Waals surface area contributed by atoms with Gasteiger partial charge in [-0.25, -0.2) is 0 Å². The summed E-state index contributed by atoms with van der Waals surface area (Å²) in [6, 6.07) is 11.3. The van der Waals surface area contributed by atoms with E-state index >= 15 is 0 Å². The maximum Gasteiger partial charge on any atom is 1.00 e. The molecule has 24 heavy (non-hydrogen) atoms. The maximum atomic E-state index is 12.6. The van der Waals surface area contributed by atoms with Crippen LogP contribution in [0.15, 0.2) is 36.4 Å². The Morgan fingerprint density at radius 3 is 2.29 bits per heavy atom. The van der Waals surface area contributed by atoms with Gasteiger partial charge in [0.2, 0.25) is 0 Å². The molecule has 2 nitrogen and oxygen atoms in total. The van der Waals surface area contributed by atoms with Crippen LogP contribution in [-0.4, -0.2) is 11.1 Å². The zero-order valence-corrected chi connectivity index (χ0v) is 16.8. The molecule has 0 unspecified atom stereocenters. The summed E-state index contributed by atoms with van der Waals surface area (Å²) in [6.45, 7) is 9.93. The van der Waals surface area contributed by atoms with Gasteiger partial charge in [0.15, 0.2) is 0 Å². The Kier molecular flexibility index (Phi) is 7.58. The monoisotopic (exact) mass is 354 g/mol. The molecule has 0 radical (unpaired) electrons. The number of ether oxygens (including phenoxy) is 1. The average molecular weight is 355 g/mol. The molecule has 0 heterocycles. The minimum atomic E-state index is -0.240. The standard InChI is InChI=1S/C19H21ClO2P.Li/c1-12-7-6-8-15(20)17(12)18(21)23-16-10-9-14(11-13(16)2)22-19(3,4)5;/h6-11H,1-5H3;/q-1;+1. The number of carbonyl (C=O) groups is 1. The van der Waals surface area contributed by atoms with Crippen molar-refractivity contribution in [1.82, 2.24) is 0 Å². The first kappa shape index (κ1) is 21.3. The van der Waals surface area contributed by atoms with E-state index in [-0.39, 0.29) is 30.0 Å². The van der Waals surface area contributed by atoms with Gasteiger partial charge in [0.1, 0.15) is 11.4 Å². The Hall–Kier alpha value is -0.773. The number of benzene rings is 2. The predicted molar refractivity (Wildman–Crippen MR) is 98.6 cm³/mol. The van der Waals surface area contributed by atoms with E-state index in [1.165, 1.54) is 0 Å². The van der Waals surface area contributed by atoms with Crippen molar-refractivity contribution in [2.45, 2.75) is 40.2 Å². The predicted octanol–water partition coefficient (Wildman–Crippen LogP) is 2.55. The first-order valence-corrected chi connectivity index (χ1v) is 8.75. The molecular formula is C19H21ClLiO2P. The zero-order chi connectivity index (χ0) is 17.2. The molecule has 5 heteroatoms. The third kappa shape index (κ3) is 5.64. The van der Waals surface area contributed by atoms with Gasteiger partial charge < -0.3 is 18.1 Å². The van der Waals surface area contributed by atoms with Crippen molar-refractivity contribution in [1.29, 1.82) is 0 Å². The molecule has 0 fully saturated rings. The second-order valence-corrected chi connectivity index (χ2v) is 8.03. The Morgan fingerprint density at radius 2 is 1.75 bits per heavy atom. The van der Waals surface area contributed by atoms with Crippen LogP contribution in [0.2, 0.25) is 5.02 Å². The minimum absolute atomic E-state index is 0. The number of rotatable bonds is 4. The largest absolute Gasteiger partial charge is 1.00 e. The molecule has 2 aromatic carbocycles. The van der Waals surface area contributed by atoms with Crippen LogP contribution >= 0.6 is 20.2 Å². The van der Waals surface area contributed by atoms with E-state index in [0.29, 0.717) is 19.2 Å². The van der Waals surface area contributed by atoms with Gasteiger partial charge in [-0.15, -0.1) is 0 Å². The molecule has 0 aliphatic rings. The second-order valence-electron chi connectivity index (χ2n) is 6.51. The van der Waals surface area contributed by atoms with Crippen LogP contribution in [0.1, 0.15) is 42.3 Å². The van der Waals surface area contributed by atoms with E-state index in [9.17, 15) is 4.79 Å². The van der Waals surface area contributed by atoms with E-state index < -0.39 is 0 Å². The first-order chi connectivity index (χ1) is 10.7. The van der Waals surface area contributed by atoms with E-state index in [2.05, 4.69) is 0 Å². The van der Waals surface area contributed by atoms with Crippen LogP contribution in [0.3, 0.4) is 0 Å². The maximum absolute atomic E-state index is 12.6. The molecule has 0 N–H and O–H groups in total. The topological polar surface area (TPSA) is 26.3 Å². The summed E-state index contributed by atoms with van der Waals surface area (Å²) in [4.78, 5) is 12.6. The van der Waals surface area contributed by atoms with Gasteiger partial charge in [-0.1, -0.05) is 35.4 Å². The normalized spacial score (nSPS) is 11.4. The van der Waals surface area contributed by atoms with Crippen molar-refractivity contribution in [3.8, 4) is 5.75 Å². The molecule has 0 bridgehead atoms. The van der Waals surface area contributed by atoms with Gasteiger partial charge in [-0.05, 0) is 58.4 Å². The summed E-state index contributed by atoms with van der Waals surface area (Å²) >= 11 is 6.18.